The van der Waals surface area contributed by atoms with Crippen molar-refractivity contribution in [2.75, 3.05) is 5.73 Å². The fraction of sp³-hybridized carbons (Fsp3) is 0. The molecule has 0 radical (unpaired) electrons. The SMILES string of the molecule is Nc1cc2n[nH]c(=O)n2c2ccc(-c3cccc(O)c3)cc12. The van der Waals surface area contributed by atoms with Crippen LogP contribution in [0, 0.1) is 0 Å². The van der Waals surface area contributed by atoms with E-state index in [4.69, 9.17) is 5.73 Å². The molecule has 108 valence electrons. The Morgan fingerprint density at radius 1 is 1.09 bits per heavy atom. The van der Waals surface area contributed by atoms with Gasteiger partial charge in [0.25, 0.3) is 0 Å². The zero-order valence-electron chi connectivity index (χ0n) is 11.4. The summed E-state index contributed by atoms with van der Waals surface area (Å²) in [5.74, 6) is 0.201. The van der Waals surface area contributed by atoms with E-state index < -0.39 is 0 Å². The first-order valence-electron chi connectivity index (χ1n) is 6.72. The number of rotatable bonds is 1. The summed E-state index contributed by atoms with van der Waals surface area (Å²) in [4.78, 5) is 11.9. The van der Waals surface area contributed by atoms with Crippen LogP contribution in [-0.2, 0) is 0 Å². The van der Waals surface area contributed by atoms with Gasteiger partial charge in [-0.15, -0.1) is 0 Å². The number of nitrogens with zero attached hydrogens (tertiary/aromatic N) is 2. The van der Waals surface area contributed by atoms with Gasteiger partial charge in [0.05, 0.1) is 5.52 Å². The lowest BCUT2D eigenvalue weighted by molar-refractivity contribution is 0.475. The van der Waals surface area contributed by atoms with Gasteiger partial charge < -0.3 is 10.8 Å². The van der Waals surface area contributed by atoms with E-state index in [9.17, 15) is 9.90 Å². The quantitative estimate of drug-likeness (QED) is 0.500. The lowest BCUT2D eigenvalue weighted by Crippen LogP contribution is -2.10. The molecule has 4 N–H and O–H groups in total. The van der Waals surface area contributed by atoms with Crippen molar-refractivity contribution in [2.24, 2.45) is 0 Å². The minimum Gasteiger partial charge on any atom is -0.508 e. The maximum absolute atomic E-state index is 11.9. The monoisotopic (exact) mass is 292 g/mol. The Hall–Kier alpha value is -3.28. The van der Waals surface area contributed by atoms with E-state index in [-0.39, 0.29) is 11.4 Å². The van der Waals surface area contributed by atoms with E-state index in [1.54, 1.807) is 24.3 Å². The highest BCUT2D eigenvalue weighted by atomic mass is 16.3. The highest BCUT2D eigenvalue weighted by Gasteiger charge is 2.10. The zero-order chi connectivity index (χ0) is 15.3. The average Bonchev–Trinajstić information content (AvgIpc) is 2.88. The molecule has 0 saturated carbocycles. The van der Waals surface area contributed by atoms with Crippen molar-refractivity contribution in [3.63, 3.8) is 0 Å². The summed E-state index contributed by atoms with van der Waals surface area (Å²) in [6.07, 6.45) is 0. The van der Waals surface area contributed by atoms with Gasteiger partial charge in [-0.1, -0.05) is 18.2 Å². The van der Waals surface area contributed by atoms with Crippen LogP contribution in [0.5, 0.6) is 5.75 Å². The van der Waals surface area contributed by atoms with Crippen molar-refractivity contribution in [3.8, 4) is 16.9 Å². The number of nitrogens with two attached hydrogens (primary N) is 1. The van der Waals surface area contributed by atoms with E-state index in [0.29, 0.717) is 16.9 Å². The molecule has 0 bridgehead atoms. The van der Waals surface area contributed by atoms with Crippen LogP contribution in [0.25, 0.3) is 27.7 Å². The number of phenols is 1. The molecule has 0 amide bonds. The number of nitrogens with one attached hydrogen (secondary N) is 1. The van der Waals surface area contributed by atoms with Gasteiger partial charge in [0.1, 0.15) is 5.75 Å². The van der Waals surface area contributed by atoms with Crippen LogP contribution in [-0.4, -0.2) is 19.7 Å². The van der Waals surface area contributed by atoms with Gasteiger partial charge in [-0.25, -0.2) is 14.3 Å². The van der Waals surface area contributed by atoms with Crippen molar-refractivity contribution in [2.45, 2.75) is 0 Å². The molecule has 6 nitrogen and oxygen atoms in total. The molecular weight excluding hydrogens is 280 g/mol. The first-order valence-corrected chi connectivity index (χ1v) is 6.72. The summed E-state index contributed by atoms with van der Waals surface area (Å²) in [6.45, 7) is 0. The van der Waals surface area contributed by atoms with Gasteiger partial charge in [-0.3, -0.25) is 0 Å². The Kier molecular flexibility index (Phi) is 2.47. The third kappa shape index (κ3) is 1.74. The number of hydrogen-bond donors (Lipinski definition) is 3. The van der Waals surface area contributed by atoms with Crippen LogP contribution >= 0.6 is 0 Å². The molecule has 2 heterocycles. The summed E-state index contributed by atoms with van der Waals surface area (Å²) >= 11 is 0. The molecule has 0 spiro atoms. The molecule has 4 rings (SSSR count). The molecule has 0 aliphatic rings. The number of nitrogen functional groups attached to an aromatic ring is 1. The number of fused-ring (bicyclic) bond motifs is 3. The number of benzene rings is 2. The van der Waals surface area contributed by atoms with Gasteiger partial charge in [0.15, 0.2) is 5.65 Å². The minimum absolute atomic E-state index is 0.201. The number of anilines is 1. The first-order chi connectivity index (χ1) is 10.6. The lowest BCUT2D eigenvalue weighted by Gasteiger charge is -2.08. The summed E-state index contributed by atoms with van der Waals surface area (Å²) in [5.41, 5.74) is 9.30. The molecular formula is C16H12N4O2. The normalized spacial score (nSPS) is 11.3. The van der Waals surface area contributed by atoms with Crippen LogP contribution in [0.1, 0.15) is 0 Å². The molecule has 0 saturated heterocycles. The van der Waals surface area contributed by atoms with Crippen molar-refractivity contribution in [1.29, 1.82) is 0 Å². The van der Waals surface area contributed by atoms with Gasteiger partial charge >= 0.3 is 5.69 Å². The molecule has 6 heteroatoms. The maximum Gasteiger partial charge on any atom is 0.348 e. The van der Waals surface area contributed by atoms with Crippen LogP contribution in [0.4, 0.5) is 5.69 Å². The second-order valence-corrected chi connectivity index (χ2v) is 5.10. The largest absolute Gasteiger partial charge is 0.508 e. The summed E-state index contributed by atoms with van der Waals surface area (Å²) < 4.78 is 1.48. The number of hydrogen-bond acceptors (Lipinski definition) is 4. The molecule has 2 aromatic carbocycles. The molecule has 0 unspecified atom stereocenters. The first kappa shape index (κ1) is 12.5. The van der Waals surface area contributed by atoms with Gasteiger partial charge in [-0.2, -0.15) is 5.10 Å². The van der Waals surface area contributed by atoms with Crippen LogP contribution in [0.2, 0.25) is 0 Å². The third-order valence-electron chi connectivity index (χ3n) is 3.71. The minimum atomic E-state index is -0.301. The highest BCUT2D eigenvalue weighted by molar-refractivity contribution is 5.96. The van der Waals surface area contributed by atoms with Crippen molar-refractivity contribution < 1.29 is 5.11 Å². The Morgan fingerprint density at radius 3 is 2.73 bits per heavy atom. The number of aromatic hydroxyl groups is 1. The predicted octanol–water partition coefficient (Wildman–Crippen LogP) is 2.13. The number of aromatic amines is 1. The second-order valence-electron chi connectivity index (χ2n) is 5.10. The fourth-order valence-corrected chi connectivity index (χ4v) is 2.68. The van der Waals surface area contributed by atoms with Gasteiger partial charge in [0, 0.05) is 17.1 Å². The Balaban J connectivity index is 2.06. The van der Waals surface area contributed by atoms with Crippen LogP contribution < -0.4 is 11.4 Å². The van der Waals surface area contributed by atoms with Crippen molar-refractivity contribution in [3.05, 3.63) is 59.0 Å². The Labute approximate surface area is 124 Å². The maximum atomic E-state index is 11.9. The number of H-pyrrole nitrogens is 1. The zero-order valence-corrected chi connectivity index (χ0v) is 11.4. The molecule has 0 fully saturated rings. The molecule has 22 heavy (non-hydrogen) atoms. The smallest absolute Gasteiger partial charge is 0.348 e. The fourth-order valence-electron chi connectivity index (χ4n) is 2.68. The third-order valence-corrected chi connectivity index (χ3v) is 3.71. The predicted molar refractivity (Wildman–Crippen MR) is 84.8 cm³/mol. The molecule has 0 atom stereocenters. The average molecular weight is 292 g/mol. The van der Waals surface area contributed by atoms with Crippen molar-refractivity contribution in [1.82, 2.24) is 14.6 Å². The van der Waals surface area contributed by atoms with E-state index in [2.05, 4.69) is 10.2 Å². The van der Waals surface area contributed by atoms with Gasteiger partial charge in [-0.05, 0) is 35.4 Å². The van der Waals surface area contributed by atoms with E-state index in [1.165, 1.54) is 4.40 Å². The summed E-state index contributed by atoms with van der Waals surface area (Å²) in [7, 11) is 0. The second kappa shape index (κ2) is 4.36. The number of phenolic OH excluding ortho intramolecular Hbond substituents is 1. The standard InChI is InChI=1S/C16H12N4O2/c17-13-8-15-18-19-16(22)20(15)14-5-4-10(7-12(13)14)9-2-1-3-11(21)6-9/h1-8,21H,17H2,(H,19,22). The van der Waals surface area contributed by atoms with Crippen LogP contribution in [0.3, 0.4) is 0 Å². The Bertz CT molecular complexity index is 1080. The highest BCUT2D eigenvalue weighted by Crippen LogP contribution is 2.29. The summed E-state index contributed by atoms with van der Waals surface area (Å²) in [6, 6.07) is 14.3. The van der Waals surface area contributed by atoms with E-state index >= 15 is 0 Å². The number of pyridine rings is 1. The topological polar surface area (TPSA) is 96.4 Å². The molecule has 0 aliphatic heterocycles. The van der Waals surface area contributed by atoms with Crippen molar-refractivity contribution >= 4 is 22.2 Å². The molecule has 4 aromatic rings. The summed E-state index contributed by atoms with van der Waals surface area (Å²) in [5, 5.41) is 16.7. The Morgan fingerprint density at radius 2 is 1.91 bits per heavy atom. The van der Waals surface area contributed by atoms with E-state index in [1.807, 2.05) is 24.3 Å². The number of aromatic nitrogens is 3. The lowest BCUT2D eigenvalue weighted by atomic mass is 10.0. The molecule has 2 aromatic heterocycles. The van der Waals surface area contributed by atoms with Gasteiger partial charge in [0.2, 0.25) is 0 Å². The van der Waals surface area contributed by atoms with Crippen LogP contribution in [0.15, 0.2) is 53.3 Å². The molecule has 0 aliphatic carbocycles. The van der Waals surface area contributed by atoms with E-state index in [0.717, 1.165) is 16.5 Å².